The highest BCUT2D eigenvalue weighted by atomic mass is 16.5. The van der Waals surface area contributed by atoms with Gasteiger partial charge in [-0.25, -0.2) is 0 Å². The fourth-order valence-electron chi connectivity index (χ4n) is 5.49. The second-order valence-corrected chi connectivity index (χ2v) is 9.50. The molecule has 0 radical (unpaired) electrons. The number of nitrogen functional groups attached to an aromatic ring is 1. The Morgan fingerprint density at radius 1 is 1.11 bits per heavy atom. The lowest BCUT2D eigenvalue weighted by Gasteiger charge is -2.61. The number of rotatable bonds is 5. The second kappa shape index (κ2) is 7.20. The first-order chi connectivity index (χ1) is 13.3. The van der Waals surface area contributed by atoms with Gasteiger partial charge < -0.3 is 10.5 Å². The van der Waals surface area contributed by atoms with E-state index >= 15 is 0 Å². The summed E-state index contributed by atoms with van der Waals surface area (Å²) in [6.45, 7) is 12.3. The summed E-state index contributed by atoms with van der Waals surface area (Å²) in [6.07, 6.45) is 2.41. The molecule has 2 aromatic carbocycles. The molecule has 1 saturated heterocycles. The quantitative estimate of drug-likeness (QED) is 0.761. The van der Waals surface area contributed by atoms with Crippen LogP contribution in [0.2, 0.25) is 0 Å². The van der Waals surface area contributed by atoms with E-state index in [0.29, 0.717) is 12.6 Å². The Hall–Kier alpha value is -1.84. The van der Waals surface area contributed by atoms with Gasteiger partial charge in [0.05, 0.1) is 12.7 Å². The first-order valence-electron chi connectivity index (χ1n) is 10.6. The molecule has 3 heteroatoms. The highest BCUT2D eigenvalue weighted by Crippen LogP contribution is 2.56. The molecule has 2 bridgehead atoms. The molecule has 150 valence electrons. The summed E-state index contributed by atoms with van der Waals surface area (Å²) in [5.74, 6) is 0. The van der Waals surface area contributed by atoms with Crippen molar-refractivity contribution in [1.82, 2.24) is 4.90 Å². The van der Waals surface area contributed by atoms with Crippen LogP contribution in [0.1, 0.15) is 50.8 Å². The fraction of sp³-hybridized carbons (Fsp3) is 0.520. The van der Waals surface area contributed by atoms with Crippen molar-refractivity contribution in [2.75, 3.05) is 18.8 Å². The zero-order chi connectivity index (χ0) is 19.9. The smallest absolute Gasteiger partial charge is 0.0721 e. The molecular weight excluding hydrogens is 344 g/mol. The van der Waals surface area contributed by atoms with E-state index in [0.717, 1.165) is 25.2 Å². The van der Waals surface area contributed by atoms with Crippen LogP contribution in [0.3, 0.4) is 0 Å². The van der Waals surface area contributed by atoms with Crippen molar-refractivity contribution in [3.05, 3.63) is 65.2 Å². The van der Waals surface area contributed by atoms with E-state index in [1.54, 1.807) is 0 Å². The van der Waals surface area contributed by atoms with Crippen molar-refractivity contribution < 1.29 is 4.74 Å². The normalized spacial score (nSPS) is 27.2. The number of likely N-dealkylation sites (tertiary alicyclic amines) is 1. The molecule has 1 aliphatic carbocycles. The zero-order valence-electron chi connectivity index (χ0n) is 17.7. The summed E-state index contributed by atoms with van der Waals surface area (Å²) in [7, 11) is 0. The average molecular weight is 379 g/mol. The Labute approximate surface area is 169 Å². The van der Waals surface area contributed by atoms with Gasteiger partial charge in [-0.05, 0) is 54.5 Å². The van der Waals surface area contributed by atoms with Gasteiger partial charge in [-0.15, -0.1) is 0 Å². The third-order valence-electron chi connectivity index (χ3n) is 7.67. The minimum atomic E-state index is 0.172. The van der Waals surface area contributed by atoms with Crippen LogP contribution < -0.4 is 5.73 Å². The van der Waals surface area contributed by atoms with E-state index in [9.17, 15) is 0 Å². The Balaban J connectivity index is 1.51. The Bertz CT molecular complexity index is 832. The topological polar surface area (TPSA) is 38.5 Å². The van der Waals surface area contributed by atoms with Gasteiger partial charge in [-0.3, -0.25) is 4.90 Å². The Kier molecular flexibility index (Phi) is 5.01. The number of benzene rings is 2. The predicted octanol–water partition coefficient (Wildman–Crippen LogP) is 4.79. The largest absolute Gasteiger partial charge is 0.398 e. The number of anilines is 1. The SMILES string of the molecule is CC(CN1CCC2(C)c3cccc(N)c3CC1C2(C)C)OCc1ccccc1. The van der Waals surface area contributed by atoms with Gasteiger partial charge >= 0.3 is 0 Å². The van der Waals surface area contributed by atoms with Gasteiger partial charge in [0, 0.05) is 23.7 Å². The Morgan fingerprint density at radius 3 is 2.61 bits per heavy atom. The van der Waals surface area contributed by atoms with E-state index < -0.39 is 0 Å². The molecule has 1 heterocycles. The van der Waals surface area contributed by atoms with Crippen molar-refractivity contribution in [2.45, 2.75) is 64.7 Å². The number of hydrogen-bond acceptors (Lipinski definition) is 3. The monoisotopic (exact) mass is 378 g/mol. The molecule has 1 fully saturated rings. The van der Waals surface area contributed by atoms with Crippen LogP contribution in [0.25, 0.3) is 0 Å². The van der Waals surface area contributed by atoms with Crippen LogP contribution in [-0.4, -0.2) is 30.1 Å². The molecule has 2 aliphatic rings. The highest BCUT2D eigenvalue weighted by molar-refractivity contribution is 5.56. The third kappa shape index (κ3) is 3.15. The molecular formula is C25H34N2O. The number of ether oxygens (including phenoxy) is 1. The summed E-state index contributed by atoms with van der Waals surface area (Å²) in [5.41, 5.74) is 11.8. The summed E-state index contributed by atoms with van der Waals surface area (Å²) in [6, 6.07) is 17.4. The standard InChI is InChI=1S/C25H34N2O/c1-18(28-17-19-9-6-5-7-10-19)16-27-14-13-25(4)21-11-8-12-22(26)20(21)15-23(27)24(25,2)3/h5-12,18,23H,13-17,26H2,1-4H3. The predicted molar refractivity (Wildman–Crippen MR) is 116 cm³/mol. The molecule has 1 aliphatic heterocycles. The summed E-state index contributed by atoms with van der Waals surface area (Å²) in [5, 5.41) is 0. The number of hydrogen-bond donors (Lipinski definition) is 1. The molecule has 3 nitrogen and oxygen atoms in total. The maximum Gasteiger partial charge on any atom is 0.0721 e. The average Bonchev–Trinajstić information content (AvgIpc) is 2.67. The molecule has 4 rings (SSSR count). The van der Waals surface area contributed by atoms with Crippen LogP contribution in [0.5, 0.6) is 0 Å². The maximum atomic E-state index is 6.41. The molecule has 28 heavy (non-hydrogen) atoms. The number of fused-ring (bicyclic) bond motifs is 4. The number of piperidine rings is 1. The van der Waals surface area contributed by atoms with Crippen LogP contribution in [-0.2, 0) is 23.2 Å². The van der Waals surface area contributed by atoms with E-state index in [1.165, 1.54) is 23.1 Å². The van der Waals surface area contributed by atoms with Crippen molar-refractivity contribution in [3.8, 4) is 0 Å². The minimum Gasteiger partial charge on any atom is -0.398 e. The van der Waals surface area contributed by atoms with Crippen LogP contribution >= 0.6 is 0 Å². The molecule has 0 aromatic heterocycles. The first-order valence-corrected chi connectivity index (χ1v) is 10.6. The second-order valence-electron chi connectivity index (χ2n) is 9.50. The molecule has 3 unspecified atom stereocenters. The fourth-order valence-corrected chi connectivity index (χ4v) is 5.49. The zero-order valence-corrected chi connectivity index (χ0v) is 17.7. The molecule has 0 amide bonds. The molecule has 2 aromatic rings. The van der Waals surface area contributed by atoms with Gasteiger partial charge in [0.2, 0.25) is 0 Å². The lowest BCUT2D eigenvalue weighted by Crippen LogP contribution is -2.64. The van der Waals surface area contributed by atoms with Crippen molar-refractivity contribution in [3.63, 3.8) is 0 Å². The Morgan fingerprint density at radius 2 is 1.86 bits per heavy atom. The van der Waals surface area contributed by atoms with Gasteiger partial charge in [-0.1, -0.05) is 63.2 Å². The number of nitrogens with two attached hydrogens (primary N) is 1. The van der Waals surface area contributed by atoms with Gasteiger partial charge in [0.1, 0.15) is 0 Å². The lowest BCUT2D eigenvalue weighted by molar-refractivity contribution is -0.0647. The van der Waals surface area contributed by atoms with Crippen LogP contribution in [0, 0.1) is 5.41 Å². The van der Waals surface area contributed by atoms with Gasteiger partial charge in [0.25, 0.3) is 0 Å². The van der Waals surface area contributed by atoms with E-state index in [-0.39, 0.29) is 16.9 Å². The molecule has 0 spiro atoms. The van der Waals surface area contributed by atoms with E-state index in [4.69, 9.17) is 10.5 Å². The maximum absolute atomic E-state index is 6.41. The molecule has 3 atom stereocenters. The number of nitrogens with zero attached hydrogens (tertiary/aromatic N) is 1. The lowest BCUT2D eigenvalue weighted by atomic mass is 9.51. The minimum absolute atomic E-state index is 0.172. The molecule has 0 saturated carbocycles. The van der Waals surface area contributed by atoms with Crippen LogP contribution in [0.4, 0.5) is 5.69 Å². The van der Waals surface area contributed by atoms with Crippen LogP contribution in [0.15, 0.2) is 48.5 Å². The van der Waals surface area contributed by atoms with E-state index in [1.807, 2.05) is 6.07 Å². The van der Waals surface area contributed by atoms with Crippen molar-refractivity contribution >= 4 is 5.69 Å². The molecule has 2 N–H and O–H groups in total. The van der Waals surface area contributed by atoms with Gasteiger partial charge in [-0.2, -0.15) is 0 Å². The van der Waals surface area contributed by atoms with Gasteiger partial charge in [0.15, 0.2) is 0 Å². The van der Waals surface area contributed by atoms with Crippen molar-refractivity contribution in [1.29, 1.82) is 0 Å². The summed E-state index contributed by atoms with van der Waals surface area (Å²) >= 11 is 0. The summed E-state index contributed by atoms with van der Waals surface area (Å²) < 4.78 is 6.19. The highest BCUT2D eigenvalue weighted by Gasteiger charge is 2.56. The van der Waals surface area contributed by atoms with E-state index in [2.05, 4.69) is 75.1 Å². The third-order valence-corrected chi connectivity index (χ3v) is 7.67. The summed E-state index contributed by atoms with van der Waals surface area (Å²) in [4.78, 5) is 2.66. The first kappa shape index (κ1) is 19.5. The van der Waals surface area contributed by atoms with Crippen molar-refractivity contribution in [2.24, 2.45) is 5.41 Å².